The number of aromatic nitrogens is 3. The Kier molecular flexibility index (Phi) is 7.60. The van der Waals surface area contributed by atoms with Crippen molar-refractivity contribution in [2.45, 2.75) is 81.1 Å². The maximum Gasteiger partial charge on any atom is 0.416 e. The highest BCUT2D eigenvalue weighted by atomic mass is 32.2. The van der Waals surface area contributed by atoms with Crippen LogP contribution in [0.1, 0.15) is 80.7 Å². The summed E-state index contributed by atoms with van der Waals surface area (Å²) in [6, 6.07) is 6.07. The first kappa shape index (κ1) is 26.5. The lowest BCUT2D eigenvalue weighted by atomic mass is 9.85. The number of amides is 1. The van der Waals surface area contributed by atoms with Crippen LogP contribution in [0.15, 0.2) is 29.4 Å². The first-order valence-corrected chi connectivity index (χ1v) is 14.3. The zero-order chi connectivity index (χ0) is 26.2. The van der Waals surface area contributed by atoms with Crippen LogP contribution in [0, 0.1) is 5.41 Å². The van der Waals surface area contributed by atoms with Crippen molar-refractivity contribution in [3.05, 3.63) is 41.2 Å². The third-order valence-electron chi connectivity index (χ3n) is 8.51. The number of carbonyl (C=O) groups excluding carboxylic acids is 1. The summed E-state index contributed by atoms with van der Waals surface area (Å²) in [5.74, 6) is 2.86. The third kappa shape index (κ3) is 6.00. The second kappa shape index (κ2) is 10.6. The van der Waals surface area contributed by atoms with Crippen LogP contribution in [-0.2, 0) is 18.0 Å². The Morgan fingerprint density at radius 3 is 2.57 bits per heavy atom. The van der Waals surface area contributed by atoms with E-state index in [-0.39, 0.29) is 17.4 Å². The Bertz CT molecular complexity index is 1100. The van der Waals surface area contributed by atoms with E-state index < -0.39 is 11.7 Å². The summed E-state index contributed by atoms with van der Waals surface area (Å²) in [4.78, 5) is 13.8. The molecule has 1 N–H and O–H groups in total. The zero-order valence-electron chi connectivity index (χ0n) is 21.6. The van der Waals surface area contributed by atoms with Crippen LogP contribution in [0.25, 0.3) is 0 Å². The lowest BCUT2D eigenvalue weighted by Gasteiger charge is -2.28. The van der Waals surface area contributed by atoms with Crippen LogP contribution >= 0.6 is 11.8 Å². The summed E-state index contributed by atoms with van der Waals surface area (Å²) >= 11 is 1.75. The van der Waals surface area contributed by atoms with Gasteiger partial charge in [0, 0.05) is 38.2 Å². The molecular formula is C27H36F3N5OS. The number of hydrogen-bond donors (Lipinski definition) is 1. The molecule has 5 rings (SSSR count). The van der Waals surface area contributed by atoms with Gasteiger partial charge >= 0.3 is 6.18 Å². The van der Waals surface area contributed by atoms with Gasteiger partial charge in [0.05, 0.1) is 5.56 Å². The third-order valence-corrected chi connectivity index (χ3v) is 9.62. The molecule has 1 spiro atoms. The Balaban J connectivity index is 1.04. The van der Waals surface area contributed by atoms with Gasteiger partial charge in [0.1, 0.15) is 5.82 Å². The van der Waals surface area contributed by atoms with Crippen LogP contribution in [0.5, 0.6) is 0 Å². The highest BCUT2D eigenvalue weighted by molar-refractivity contribution is 7.99. The van der Waals surface area contributed by atoms with Crippen molar-refractivity contribution in [1.29, 1.82) is 0 Å². The second-order valence-corrected chi connectivity index (χ2v) is 12.2. The number of nitrogens with zero attached hydrogens (tertiary/aromatic N) is 4. The first-order chi connectivity index (χ1) is 17.6. The number of carbonyl (C=O) groups is 1. The number of nitrogens with one attached hydrogen (secondary N) is 1. The van der Waals surface area contributed by atoms with Crippen molar-refractivity contribution in [1.82, 2.24) is 25.0 Å². The molecule has 1 aromatic carbocycles. The van der Waals surface area contributed by atoms with Gasteiger partial charge in [-0.3, -0.25) is 4.79 Å². The predicted octanol–water partition coefficient (Wildman–Crippen LogP) is 5.36. The monoisotopic (exact) mass is 535 g/mol. The van der Waals surface area contributed by atoms with Crippen molar-refractivity contribution in [2.24, 2.45) is 12.5 Å². The Morgan fingerprint density at radius 2 is 1.89 bits per heavy atom. The van der Waals surface area contributed by atoms with Crippen LogP contribution in [0.3, 0.4) is 0 Å². The second-order valence-electron chi connectivity index (χ2n) is 11.1. The van der Waals surface area contributed by atoms with E-state index in [0.717, 1.165) is 86.9 Å². The van der Waals surface area contributed by atoms with Gasteiger partial charge < -0.3 is 14.8 Å². The molecule has 2 aliphatic carbocycles. The van der Waals surface area contributed by atoms with Crippen LogP contribution in [-0.4, -0.2) is 57.0 Å². The summed E-state index contributed by atoms with van der Waals surface area (Å²) in [6.45, 7) is 4.72. The standard InChI is InChI=1S/C27H36F3N5OS/c1-18(36)31-22-10-6-20(7-11-22)24-32-33-25(34(24)2)37-15-3-13-35-14-12-26(17-35)16-23(26)19-4-8-21(9-5-19)27(28,29)30/h4-5,8-9,20,22-23H,3,6-7,10-17H2,1-2H3,(H,31,36)/t20?,22?,23?,26-/m1/s1. The van der Waals surface area contributed by atoms with E-state index in [0.29, 0.717) is 11.8 Å². The van der Waals surface area contributed by atoms with Gasteiger partial charge in [-0.2, -0.15) is 13.2 Å². The number of rotatable bonds is 8. The lowest BCUT2D eigenvalue weighted by molar-refractivity contribution is -0.137. The molecule has 3 fully saturated rings. The minimum absolute atomic E-state index is 0.0426. The summed E-state index contributed by atoms with van der Waals surface area (Å²) < 4.78 is 40.7. The fourth-order valence-electron chi connectivity index (χ4n) is 6.39. The van der Waals surface area contributed by atoms with Gasteiger partial charge in [-0.1, -0.05) is 23.9 Å². The lowest BCUT2D eigenvalue weighted by Crippen LogP contribution is -2.36. The van der Waals surface area contributed by atoms with E-state index >= 15 is 0 Å². The molecular weight excluding hydrogens is 499 g/mol. The quantitative estimate of drug-likeness (QED) is 0.364. The predicted molar refractivity (Wildman–Crippen MR) is 137 cm³/mol. The van der Waals surface area contributed by atoms with Crippen molar-refractivity contribution in [3.63, 3.8) is 0 Å². The normalized spacial score (nSPS) is 28.1. The average molecular weight is 536 g/mol. The van der Waals surface area contributed by atoms with E-state index in [1.54, 1.807) is 30.8 Å². The first-order valence-electron chi connectivity index (χ1n) is 13.3. The number of hydrogen-bond acceptors (Lipinski definition) is 5. The number of benzene rings is 1. The van der Waals surface area contributed by atoms with Crippen LogP contribution in [0.2, 0.25) is 0 Å². The van der Waals surface area contributed by atoms with Gasteiger partial charge in [-0.15, -0.1) is 10.2 Å². The molecule has 2 heterocycles. The molecule has 6 nitrogen and oxygen atoms in total. The molecule has 1 amide bonds. The van der Waals surface area contributed by atoms with E-state index in [4.69, 9.17) is 0 Å². The Hall–Kier alpha value is -2.07. The number of halogens is 3. The Labute approximate surface area is 220 Å². The smallest absolute Gasteiger partial charge is 0.354 e. The molecule has 1 saturated heterocycles. The van der Waals surface area contributed by atoms with Crippen LogP contribution < -0.4 is 5.32 Å². The minimum atomic E-state index is -4.28. The molecule has 37 heavy (non-hydrogen) atoms. The summed E-state index contributed by atoms with van der Waals surface area (Å²) in [6.07, 6.45) is 3.00. The highest BCUT2D eigenvalue weighted by Crippen LogP contribution is 2.64. The average Bonchev–Trinajstić information content (AvgIpc) is 3.20. The number of likely N-dealkylation sites (tertiary alicyclic amines) is 1. The summed E-state index contributed by atoms with van der Waals surface area (Å²) in [5.41, 5.74) is 0.734. The maximum absolute atomic E-state index is 12.9. The van der Waals surface area contributed by atoms with E-state index in [1.807, 2.05) is 0 Å². The van der Waals surface area contributed by atoms with Crippen molar-refractivity contribution in [2.75, 3.05) is 25.4 Å². The van der Waals surface area contributed by atoms with Gasteiger partial charge in [-0.25, -0.2) is 0 Å². The summed E-state index contributed by atoms with van der Waals surface area (Å²) in [5, 5.41) is 12.9. The molecule has 1 unspecified atom stereocenters. The SMILES string of the molecule is CC(=O)NC1CCC(c2nnc(SCCCN3CC[C@@]4(CC4c4ccc(C(F)(F)F)cc4)C3)n2C)CC1. The molecule has 10 heteroatoms. The molecule has 2 aromatic rings. The van der Waals surface area contributed by atoms with Gasteiger partial charge in [-0.05, 0) is 87.1 Å². The molecule has 202 valence electrons. The highest BCUT2D eigenvalue weighted by Gasteiger charge is 2.57. The summed E-state index contributed by atoms with van der Waals surface area (Å²) in [7, 11) is 2.05. The number of thioether (sulfide) groups is 1. The van der Waals surface area contributed by atoms with Gasteiger partial charge in [0.25, 0.3) is 0 Å². The van der Waals surface area contributed by atoms with Crippen molar-refractivity contribution in [3.8, 4) is 0 Å². The zero-order valence-corrected chi connectivity index (χ0v) is 22.4. The molecule has 0 radical (unpaired) electrons. The molecule has 3 aliphatic rings. The molecule has 2 saturated carbocycles. The largest absolute Gasteiger partial charge is 0.416 e. The number of alkyl halides is 3. The van der Waals surface area contributed by atoms with Gasteiger partial charge in [0.15, 0.2) is 5.16 Å². The molecule has 0 bridgehead atoms. The van der Waals surface area contributed by atoms with E-state index in [1.165, 1.54) is 12.1 Å². The fraction of sp³-hybridized carbons (Fsp3) is 0.667. The fourth-order valence-corrected chi connectivity index (χ4v) is 7.23. The molecule has 1 aromatic heterocycles. The molecule has 1 aliphatic heterocycles. The van der Waals surface area contributed by atoms with Crippen molar-refractivity contribution >= 4 is 17.7 Å². The van der Waals surface area contributed by atoms with Crippen molar-refractivity contribution < 1.29 is 18.0 Å². The maximum atomic E-state index is 12.9. The van der Waals surface area contributed by atoms with E-state index in [9.17, 15) is 18.0 Å². The van der Waals surface area contributed by atoms with Gasteiger partial charge in [0.2, 0.25) is 5.91 Å². The van der Waals surface area contributed by atoms with E-state index in [2.05, 4.69) is 32.0 Å². The molecule has 2 atom stereocenters. The Morgan fingerprint density at radius 1 is 1.16 bits per heavy atom. The van der Waals surface area contributed by atoms with Crippen LogP contribution in [0.4, 0.5) is 13.2 Å². The topological polar surface area (TPSA) is 63.1 Å². The minimum Gasteiger partial charge on any atom is -0.354 e.